The van der Waals surface area contributed by atoms with Crippen molar-refractivity contribution in [2.45, 2.75) is 0 Å². The van der Waals surface area contributed by atoms with E-state index in [2.05, 4.69) is 20.1 Å². The average Bonchev–Trinajstić information content (AvgIpc) is 2.97. The lowest BCUT2D eigenvalue weighted by Crippen LogP contribution is -2.05. The summed E-state index contributed by atoms with van der Waals surface area (Å²) in [5.41, 5.74) is 0. The summed E-state index contributed by atoms with van der Waals surface area (Å²) in [6.07, 6.45) is 3.26. The van der Waals surface area contributed by atoms with Crippen LogP contribution < -0.4 is 4.74 Å². The molecule has 6 nitrogen and oxygen atoms in total. The Labute approximate surface area is 134 Å². The Kier molecular flexibility index (Phi) is 3.92. The molecular formula is C12H6Cl3N5O. The highest BCUT2D eigenvalue weighted by molar-refractivity contribution is 6.42. The van der Waals surface area contributed by atoms with E-state index in [0.29, 0.717) is 10.8 Å². The van der Waals surface area contributed by atoms with Gasteiger partial charge in [-0.1, -0.05) is 29.3 Å². The third-order valence-corrected chi connectivity index (χ3v) is 3.37. The molecule has 0 bridgehead atoms. The van der Waals surface area contributed by atoms with Crippen LogP contribution in [0.4, 0.5) is 0 Å². The zero-order valence-electron chi connectivity index (χ0n) is 10.2. The van der Waals surface area contributed by atoms with Crippen LogP contribution in [0.5, 0.6) is 11.8 Å². The van der Waals surface area contributed by atoms with Crippen molar-refractivity contribution in [3.05, 3.63) is 52.0 Å². The van der Waals surface area contributed by atoms with Crippen molar-refractivity contribution < 1.29 is 4.74 Å². The van der Waals surface area contributed by atoms with Gasteiger partial charge in [-0.25, -0.2) is 4.68 Å². The topological polar surface area (TPSA) is 65.7 Å². The quantitative estimate of drug-likeness (QED) is 0.724. The van der Waals surface area contributed by atoms with E-state index in [4.69, 9.17) is 39.5 Å². The van der Waals surface area contributed by atoms with Gasteiger partial charge in [0.1, 0.15) is 5.02 Å². The second-order valence-electron chi connectivity index (χ2n) is 3.79. The molecule has 3 rings (SSSR count). The van der Waals surface area contributed by atoms with Gasteiger partial charge in [-0.15, -0.1) is 0 Å². The van der Waals surface area contributed by atoms with Crippen molar-refractivity contribution in [2.24, 2.45) is 0 Å². The zero-order valence-corrected chi connectivity index (χ0v) is 12.5. The van der Waals surface area contributed by atoms with Gasteiger partial charge < -0.3 is 4.74 Å². The Hall–Kier alpha value is -1.89. The van der Waals surface area contributed by atoms with Gasteiger partial charge in [0.05, 0.1) is 5.02 Å². The summed E-state index contributed by atoms with van der Waals surface area (Å²) in [5.74, 6) is 0.547. The lowest BCUT2D eigenvalue weighted by molar-refractivity contribution is 0.437. The van der Waals surface area contributed by atoms with E-state index in [0.717, 1.165) is 0 Å². The van der Waals surface area contributed by atoms with E-state index >= 15 is 0 Å². The smallest absolute Gasteiger partial charge is 0.328 e. The van der Waals surface area contributed by atoms with Crippen LogP contribution in [0.3, 0.4) is 0 Å². The average molecular weight is 343 g/mol. The molecule has 1 aromatic carbocycles. The molecule has 0 aliphatic carbocycles. The number of hydrogen-bond donors (Lipinski definition) is 0. The van der Waals surface area contributed by atoms with Gasteiger partial charge in [0, 0.05) is 12.4 Å². The first kappa shape index (κ1) is 14.1. The van der Waals surface area contributed by atoms with Crippen LogP contribution in [-0.2, 0) is 0 Å². The van der Waals surface area contributed by atoms with Gasteiger partial charge in [0.15, 0.2) is 5.75 Å². The third kappa shape index (κ3) is 3.07. The third-order valence-electron chi connectivity index (χ3n) is 2.40. The van der Waals surface area contributed by atoms with E-state index in [1.54, 1.807) is 36.7 Å². The van der Waals surface area contributed by atoms with Gasteiger partial charge >= 0.3 is 6.01 Å². The Morgan fingerprint density at radius 3 is 2.62 bits per heavy atom. The Morgan fingerprint density at radius 2 is 1.86 bits per heavy atom. The number of halogens is 3. The van der Waals surface area contributed by atoms with E-state index in [9.17, 15) is 0 Å². The van der Waals surface area contributed by atoms with Gasteiger partial charge in [-0.05, 0) is 29.8 Å². The molecule has 0 N–H and O–H groups in total. The van der Waals surface area contributed by atoms with Crippen molar-refractivity contribution in [3.63, 3.8) is 0 Å². The van der Waals surface area contributed by atoms with E-state index < -0.39 is 0 Å². The predicted molar refractivity (Wildman–Crippen MR) is 78.5 cm³/mol. The van der Waals surface area contributed by atoms with Gasteiger partial charge in [-0.2, -0.15) is 20.1 Å². The SMILES string of the molecule is Clc1nc(Oc2cccc(Cl)c2Cl)nc(-n2cccn2)n1. The molecule has 0 atom stereocenters. The monoisotopic (exact) mass is 341 g/mol. The molecule has 0 aliphatic heterocycles. The number of hydrogen-bond acceptors (Lipinski definition) is 5. The molecule has 0 amide bonds. The molecule has 0 radical (unpaired) electrons. The van der Waals surface area contributed by atoms with E-state index in [1.807, 2.05) is 0 Å². The molecule has 0 unspecified atom stereocenters. The molecule has 0 spiro atoms. The molecule has 0 aliphatic rings. The second kappa shape index (κ2) is 5.85. The summed E-state index contributed by atoms with van der Waals surface area (Å²) >= 11 is 17.8. The summed E-state index contributed by atoms with van der Waals surface area (Å²) in [4.78, 5) is 12.0. The maximum absolute atomic E-state index is 6.04. The first-order valence-corrected chi connectivity index (χ1v) is 6.80. The lowest BCUT2D eigenvalue weighted by Gasteiger charge is -2.07. The van der Waals surface area contributed by atoms with Crippen molar-refractivity contribution in [3.8, 4) is 17.7 Å². The summed E-state index contributed by atoms with van der Waals surface area (Å²) in [6.45, 7) is 0. The van der Waals surface area contributed by atoms with Crippen molar-refractivity contribution >= 4 is 34.8 Å². The molecule has 0 saturated carbocycles. The highest BCUT2D eigenvalue weighted by atomic mass is 35.5. The summed E-state index contributed by atoms with van der Waals surface area (Å²) in [6, 6.07) is 6.70. The molecule has 21 heavy (non-hydrogen) atoms. The molecule has 0 saturated heterocycles. The number of nitrogens with zero attached hydrogens (tertiary/aromatic N) is 5. The van der Waals surface area contributed by atoms with Crippen molar-refractivity contribution in [1.82, 2.24) is 24.7 Å². The fourth-order valence-electron chi connectivity index (χ4n) is 1.52. The van der Waals surface area contributed by atoms with Crippen LogP contribution in [0.15, 0.2) is 36.7 Å². The molecule has 106 valence electrons. The lowest BCUT2D eigenvalue weighted by atomic mass is 10.3. The molecule has 2 heterocycles. The maximum atomic E-state index is 6.04. The number of ether oxygens (including phenoxy) is 1. The normalized spacial score (nSPS) is 10.6. The second-order valence-corrected chi connectivity index (χ2v) is 4.91. The van der Waals surface area contributed by atoms with Crippen LogP contribution >= 0.6 is 34.8 Å². The van der Waals surface area contributed by atoms with E-state index in [1.165, 1.54) is 4.68 Å². The molecule has 9 heteroatoms. The number of rotatable bonds is 3. The Morgan fingerprint density at radius 1 is 1.00 bits per heavy atom. The first-order valence-electron chi connectivity index (χ1n) is 5.67. The van der Waals surface area contributed by atoms with Crippen LogP contribution in [0.25, 0.3) is 5.95 Å². The minimum atomic E-state index is -0.0244. The minimum Gasteiger partial charge on any atom is -0.422 e. The van der Waals surface area contributed by atoms with Crippen molar-refractivity contribution in [2.75, 3.05) is 0 Å². The Bertz CT molecular complexity index is 779. The van der Waals surface area contributed by atoms with Crippen LogP contribution in [0, 0.1) is 0 Å². The standard InChI is InChI=1S/C12H6Cl3N5O/c13-7-3-1-4-8(9(7)14)21-12-18-10(15)17-11(19-12)20-6-2-5-16-20/h1-6H. The zero-order chi connectivity index (χ0) is 14.8. The number of benzene rings is 1. The highest BCUT2D eigenvalue weighted by Crippen LogP contribution is 2.33. The molecule has 0 fully saturated rings. The predicted octanol–water partition coefficient (Wildman–Crippen LogP) is 3.81. The van der Waals surface area contributed by atoms with Crippen LogP contribution in [0.2, 0.25) is 15.3 Å². The van der Waals surface area contributed by atoms with Crippen molar-refractivity contribution in [1.29, 1.82) is 0 Å². The summed E-state index contributed by atoms with van der Waals surface area (Å²) < 4.78 is 6.94. The van der Waals surface area contributed by atoms with Gasteiger partial charge in [-0.3, -0.25) is 0 Å². The number of aromatic nitrogens is 5. The largest absolute Gasteiger partial charge is 0.422 e. The van der Waals surface area contributed by atoms with E-state index in [-0.39, 0.29) is 22.3 Å². The fraction of sp³-hybridized carbons (Fsp3) is 0. The Balaban J connectivity index is 1.98. The van der Waals surface area contributed by atoms with Gasteiger partial charge in [0.2, 0.25) is 5.28 Å². The van der Waals surface area contributed by atoms with Crippen LogP contribution in [-0.4, -0.2) is 24.7 Å². The fourth-order valence-corrected chi connectivity index (χ4v) is 2.00. The van der Waals surface area contributed by atoms with Crippen LogP contribution in [0.1, 0.15) is 0 Å². The summed E-state index contributed by atoms with van der Waals surface area (Å²) in [7, 11) is 0. The highest BCUT2D eigenvalue weighted by Gasteiger charge is 2.12. The molecule has 2 aromatic heterocycles. The molecular weight excluding hydrogens is 337 g/mol. The summed E-state index contributed by atoms with van der Waals surface area (Å²) in [5, 5.41) is 4.61. The first-order chi connectivity index (χ1) is 10.1. The van der Waals surface area contributed by atoms with Gasteiger partial charge in [0.25, 0.3) is 5.95 Å². The maximum Gasteiger partial charge on any atom is 0.328 e. The molecule has 3 aromatic rings. The minimum absolute atomic E-state index is 0.00957.